The number of hydrogen-bond acceptors (Lipinski definition) is 4. The largest absolute Gasteiger partial charge is 0.489 e. The van der Waals surface area contributed by atoms with Gasteiger partial charge in [-0.05, 0) is 35.4 Å². The number of aryl methyl sites for hydroxylation is 1. The molecule has 146 valence electrons. The lowest BCUT2D eigenvalue weighted by atomic mass is 10.1. The number of rotatable bonds is 6. The number of piperazine rings is 1. The molecule has 0 aliphatic carbocycles. The summed E-state index contributed by atoms with van der Waals surface area (Å²) < 4.78 is 21.0. The third kappa shape index (κ3) is 4.40. The van der Waals surface area contributed by atoms with E-state index < -0.39 is 0 Å². The van der Waals surface area contributed by atoms with Gasteiger partial charge in [-0.15, -0.1) is 0 Å². The average Bonchev–Trinajstić information content (AvgIpc) is 3.14. The molecule has 2 heterocycles. The fourth-order valence-corrected chi connectivity index (χ4v) is 3.60. The molecule has 2 aromatic carbocycles. The summed E-state index contributed by atoms with van der Waals surface area (Å²) in [5, 5.41) is 3.47. The Kier molecular flexibility index (Phi) is 5.69. The lowest BCUT2D eigenvalue weighted by Crippen LogP contribution is -2.46. The molecule has 0 bridgehead atoms. The molecule has 0 radical (unpaired) electrons. The summed E-state index contributed by atoms with van der Waals surface area (Å²) >= 11 is 0. The van der Waals surface area contributed by atoms with Gasteiger partial charge in [0.25, 0.3) is 0 Å². The van der Waals surface area contributed by atoms with Crippen LogP contribution in [-0.4, -0.2) is 34.1 Å². The van der Waals surface area contributed by atoms with E-state index in [2.05, 4.69) is 31.9 Å². The van der Waals surface area contributed by atoms with Crippen molar-refractivity contribution in [2.75, 3.05) is 19.6 Å². The van der Waals surface area contributed by atoms with E-state index in [1.165, 1.54) is 17.7 Å². The smallest absolute Gasteiger partial charge is 0.127 e. The third-order valence-electron chi connectivity index (χ3n) is 5.11. The van der Waals surface area contributed by atoms with E-state index in [1.54, 1.807) is 12.1 Å². The number of imidazole rings is 1. The van der Waals surface area contributed by atoms with E-state index in [0.717, 1.165) is 43.3 Å². The second kappa shape index (κ2) is 8.54. The molecule has 1 N–H and O–H groups in total. The van der Waals surface area contributed by atoms with Crippen LogP contribution in [0.5, 0.6) is 5.75 Å². The normalized spacial score (nSPS) is 17.6. The highest BCUT2D eigenvalue weighted by atomic mass is 19.1. The molecule has 6 heteroatoms. The van der Waals surface area contributed by atoms with E-state index in [1.807, 2.05) is 31.6 Å². The van der Waals surface area contributed by atoms with Crippen molar-refractivity contribution in [3.8, 4) is 5.75 Å². The highest BCUT2D eigenvalue weighted by Gasteiger charge is 2.26. The first-order valence-corrected chi connectivity index (χ1v) is 9.57. The topological polar surface area (TPSA) is 42.3 Å². The number of nitrogens with zero attached hydrogens (tertiary/aromatic N) is 3. The molecule has 0 saturated carbocycles. The Morgan fingerprint density at radius 3 is 2.82 bits per heavy atom. The summed E-state index contributed by atoms with van der Waals surface area (Å²) in [6.45, 7) is 4.10. The van der Waals surface area contributed by atoms with Crippen LogP contribution in [0.1, 0.15) is 23.0 Å². The Bertz CT molecular complexity index is 909. The lowest BCUT2D eigenvalue weighted by molar-refractivity contribution is 0.144. The van der Waals surface area contributed by atoms with Crippen molar-refractivity contribution in [3.63, 3.8) is 0 Å². The standard InChI is InChI=1S/C22H25FN4O/c1-26-11-10-25-22(26)21-14-24-9-12-27(21)15-18-3-2-4-20(13-18)28-16-17-5-7-19(23)8-6-17/h2-8,10-11,13,21,24H,9,12,14-16H2,1H3. The first-order chi connectivity index (χ1) is 13.7. The molecule has 4 rings (SSSR count). The van der Waals surface area contributed by atoms with Gasteiger partial charge in [0.15, 0.2) is 0 Å². The third-order valence-corrected chi connectivity index (χ3v) is 5.11. The molecule has 1 unspecified atom stereocenters. The summed E-state index contributed by atoms with van der Waals surface area (Å²) in [5.41, 5.74) is 2.15. The predicted molar refractivity (Wildman–Crippen MR) is 106 cm³/mol. The van der Waals surface area contributed by atoms with Crippen molar-refractivity contribution in [2.45, 2.75) is 19.2 Å². The molecule has 1 aliphatic rings. The Labute approximate surface area is 164 Å². The molecule has 1 aromatic heterocycles. The van der Waals surface area contributed by atoms with Crippen LogP contribution in [0.3, 0.4) is 0 Å². The first-order valence-electron chi connectivity index (χ1n) is 9.57. The SMILES string of the molecule is Cn1ccnc1C1CNCCN1Cc1cccc(OCc2ccc(F)cc2)c1. The fraction of sp³-hybridized carbons (Fsp3) is 0.318. The zero-order valence-corrected chi connectivity index (χ0v) is 16.0. The maximum Gasteiger partial charge on any atom is 0.127 e. The molecule has 1 fully saturated rings. The van der Waals surface area contributed by atoms with Crippen molar-refractivity contribution in [2.24, 2.45) is 7.05 Å². The maximum absolute atomic E-state index is 13.0. The number of hydrogen-bond donors (Lipinski definition) is 1. The number of aromatic nitrogens is 2. The minimum Gasteiger partial charge on any atom is -0.489 e. The van der Waals surface area contributed by atoms with Gasteiger partial charge in [0, 0.05) is 45.6 Å². The monoisotopic (exact) mass is 380 g/mol. The molecule has 28 heavy (non-hydrogen) atoms. The summed E-state index contributed by atoms with van der Waals surface area (Å²) in [6.07, 6.45) is 3.85. The fourth-order valence-electron chi connectivity index (χ4n) is 3.60. The number of nitrogens with one attached hydrogen (secondary N) is 1. The molecule has 3 aromatic rings. The maximum atomic E-state index is 13.0. The number of halogens is 1. The van der Waals surface area contributed by atoms with E-state index in [0.29, 0.717) is 6.61 Å². The van der Waals surface area contributed by atoms with E-state index in [4.69, 9.17) is 4.74 Å². The van der Waals surface area contributed by atoms with Crippen LogP contribution in [-0.2, 0) is 20.2 Å². The molecule has 1 atom stereocenters. The van der Waals surface area contributed by atoms with Gasteiger partial charge in [-0.2, -0.15) is 0 Å². The Balaban J connectivity index is 1.43. The molecule has 0 spiro atoms. The van der Waals surface area contributed by atoms with Crippen LogP contribution in [0.25, 0.3) is 0 Å². The Morgan fingerprint density at radius 1 is 1.18 bits per heavy atom. The zero-order valence-electron chi connectivity index (χ0n) is 16.0. The second-order valence-corrected chi connectivity index (χ2v) is 7.15. The summed E-state index contributed by atoms with van der Waals surface area (Å²) in [5.74, 6) is 1.67. The summed E-state index contributed by atoms with van der Waals surface area (Å²) in [4.78, 5) is 7.00. The molecule has 0 amide bonds. The van der Waals surface area contributed by atoms with Gasteiger partial charge in [-0.1, -0.05) is 24.3 Å². The number of ether oxygens (including phenoxy) is 1. The van der Waals surface area contributed by atoms with E-state index in [-0.39, 0.29) is 11.9 Å². The summed E-state index contributed by atoms with van der Waals surface area (Å²) in [7, 11) is 2.04. The minimum atomic E-state index is -0.232. The first kappa shape index (κ1) is 18.7. The minimum absolute atomic E-state index is 0.232. The molecule has 1 saturated heterocycles. The predicted octanol–water partition coefficient (Wildman–Crippen LogP) is 3.28. The van der Waals surface area contributed by atoms with Crippen LogP contribution in [0.4, 0.5) is 4.39 Å². The van der Waals surface area contributed by atoms with Crippen LogP contribution < -0.4 is 10.1 Å². The van der Waals surface area contributed by atoms with Crippen LogP contribution in [0.15, 0.2) is 60.9 Å². The summed E-state index contributed by atoms with van der Waals surface area (Å²) in [6, 6.07) is 14.8. The second-order valence-electron chi connectivity index (χ2n) is 7.15. The Hall–Kier alpha value is -2.70. The molecule has 1 aliphatic heterocycles. The zero-order chi connectivity index (χ0) is 19.3. The van der Waals surface area contributed by atoms with Crippen molar-refractivity contribution in [1.82, 2.24) is 19.8 Å². The van der Waals surface area contributed by atoms with Crippen LogP contribution in [0, 0.1) is 5.82 Å². The molecular formula is C22H25FN4O. The van der Waals surface area contributed by atoms with Gasteiger partial charge in [0.05, 0.1) is 6.04 Å². The highest BCUT2D eigenvalue weighted by Crippen LogP contribution is 2.24. The van der Waals surface area contributed by atoms with Gasteiger partial charge in [-0.3, -0.25) is 4.90 Å². The van der Waals surface area contributed by atoms with Crippen LogP contribution in [0.2, 0.25) is 0 Å². The van der Waals surface area contributed by atoms with Crippen molar-refractivity contribution in [1.29, 1.82) is 0 Å². The number of benzene rings is 2. The van der Waals surface area contributed by atoms with Gasteiger partial charge in [0.1, 0.15) is 24.0 Å². The molecule has 5 nitrogen and oxygen atoms in total. The van der Waals surface area contributed by atoms with Crippen molar-refractivity contribution in [3.05, 3.63) is 83.7 Å². The van der Waals surface area contributed by atoms with E-state index in [9.17, 15) is 4.39 Å². The van der Waals surface area contributed by atoms with Crippen molar-refractivity contribution >= 4 is 0 Å². The molecular weight excluding hydrogens is 355 g/mol. The van der Waals surface area contributed by atoms with Gasteiger partial charge in [0.2, 0.25) is 0 Å². The Morgan fingerprint density at radius 2 is 2.04 bits per heavy atom. The van der Waals surface area contributed by atoms with Crippen LogP contribution >= 0.6 is 0 Å². The van der Waals surface area contributed by atoms with Gasteiger partial charge in [-0.25, -0.2) is 9.37 Å². The highest BCUT2D eigenvalue weighted by molar-refractivity contribution is 5.29. The van der Waals surface area contributed by atoms with Gasteiger partial charge < -0.3 is 14.6 Å². The average molecular weight is 380 g/mol. The quantitative estimate of drug-likeness (QED) is 0.713. The lowest BCUT2D eigenvalue weighted by Gasteiger charge is -2.35. The van der Waals surface area contributed by atoms with Gasteiger partial charge >= 0.3 is 0 Å². The van der Waals surface area contributed by atoms with E-state index >= 15 is 0 Å². The van der Waals surface area contributed by atoms with Crippen molar-refractivity contribution < 1.29 is 9.13 Å².